The first kappa shape index (κ1) is 17.3. The third-order valence-corrected chi connectivity index (χ3v) is 3.59. The number of rotatable bonds is 10. The van der Waals surface area contributed by atoms with Gasteiger partial charge >= 0.3 is 0 Å². The van der Waals surface area contributed by atoms with Gasteiger partial charge in [-0.2, -0.15) is 0 Å². The fourth-order valence-corrected chi connectivity index (χ4v) is 2.29. The molecule has 1 rings (SSSR count). The van der Waals surface area contributed by atoms with Gasteiger partial charge in [-0.15, -0.1) is 0 Å². The second-order valence-corrected chi connectivity index (χ2v) is 6.04. The van der Waals surface area contributed by atoms with Crippen LogP contribution in [0.3, 0.4) is 0 Å². The normalized spacial score (nSPS) is 11.8. The fourth-order valence-electron chi connectivity index (χ4n) is 2.29. The summed E-state index contributed by atoms with van der Waals surface area (Å²) in [5.41, 5.74) is 1.30. The Bertz CT molecular complexity index is 371. The van der Waals surface area contributed by atoms with Crippen LogP contribution in [0.25, 0.3) is 0 Å². The van der Waals surface area contributed by atoms with Crippen molar-refractivity contribution in [1.82, 2.24) is 10.2 Å². The second kappa shape index (κ2) is 9.19. The molecule has 0 amide bonds. The number of furan rings is 1. The molecule has 1 aromatic heterocycles. The Labute approximate surface area is 124 Å². The van der Waals surface area contributed by atoms with E-state index in [-0.39, 0.29) is 0 Å². The lowest BCUT2D eigenvalue weighted by Gasteiger charge is -2.18. The minimum Gasteiger partial charge on any atom is -0.465 e. The number of nitrogens with zero attached hydrogens (tertiary/aromatic N) is 1. The number of nitrogens with one attached hydrogen (secondary N) is 1. The number of aryl methyl sites for hydroxylation is 1. The highest BCUT2D eigenvalue weighted by atomic mass is 16.3. The van der Waals surface area contributed by atoms with E-state index in [0.29, 0.717) is 5.92 Å². The van der Waals surface area contributed by atoms with E-state index in [2.05, 4.69) is 50.9 Å². The lowest BCUT2D eigenvalue weighted by molar-refractivity contribution is 0.250. The monoisotopic (exact) mass is 280 g/mol. The molecule has 1 heterocycles. The number of hydrogen-bond donors (Lipinski definition) is 1. The van der Waals surface area contributed by atoms with Crippen LogP contribution in [0, 0.1) is 12.8 Å². The molecule has 0 unspecified atom stereocenters. The van der Waals surface area contributed by atoms with Gasteiger partial charge in [0.1, 0.15) is 11.5 Å². The molecule has 20 heavy (non-hydrogen) atoms. The van der Waals surface area contributed by atoms with E-state index in [1.54, 1.807) is 0 Å². The fraction of sp³-hybridized carbons (Fsp3) is 0.765. The summed E-state index contributed by atoms with van der Waals surface area (Å²) in [5, 5.41) is 3.48. The van der Waals surface area contributed by atoms with Gasteiger partial charge in [-0.05, 0) is 45.0 Å². The van der Waals surface area contributed by atoms with Crippen LogP contribution in [0.2, 0.25) is 0 Å². The van der Waals surface area contributed by atoms with E-state index >= 15 is 0 Å². The predicted octanol–water partition coefficient (Wildman–Crippen LogP) is 3.96. The van der Waals surface area contributed by atoms with Gasteiger partial charge in [-0.25, -0.2) is 0 Å². The van der Waals surface area contributed by atoms with Crippen molar-refractivity contribution >= 4 is 0 Å². The van der Waals surface area contributed by atoms with Gasteiger partial charge in [0.05, 0.1) is 6.54 Å². The average Bonchev–Trinajstić information content (AvgIpc) is 2.74. The molecule has 0 saturated carbocycles. The molecule has 0 radical (unpaired) electrons. The Morgan fingerprint density at radius 1 is 1.30 bits per heavy atom. The molecule has 0 atom stereocenters. The SMILES string of the molecule is CCCCN(CC)Cc1cc(CNCC(C)C)c(C)o1. The molecular formula is C17H32N2O. The molecule has 0 aliphatic heterocycles. The van der Waals surface area contributed by atoms with Crippen molar-refractivity contribution in [2.75, 3.05) is 19.6 Å². The van der Waals surface area contributed by atoms with Crippen LogP contribution in [-0.2, 0) is 13.1 Å². The van der Waals surface area contributed by atoms with Gasteiger partial charge < -0.3 is 9.73 Å². The van der Waals surface area contributed by atoms with Crippen molar-refractivity contribution in [1.29, 1.82) is 0 Å². The summed E-state index contributed by atoms with van der Waals surface area (Å²) in [5.74, 6) is 2.84. The van der Waals surface area contributed by atoms with Gasteiger partial charge in [0.2, 0.25) is 0 Å². The van der Waals surface area contributed by atoms with E-state index in [9.17, 15) is 0 Å². The summed E-state index contributed by atoms with van der Waals surface area (Å²) in [7, 11) is 0. The standard InChI is InChI=1S/C17H32N2O/c1-6-8-9-19(7-2)13-17-10-16(15(5)20-17)12-18-11-14(3)4/h10,14,18H,6-9,11-13H2,1-5H3. The number of unbranched alkanes of at least 4 members (excludes halogenated alkanes) is 1. The first-order valence-corrected chi connectivity index (χ1v) is 8.08. The van der Waals surface area contributed by atoms with Crippen molar-refractivity contribution in [3.8, 4) is 0 Å². The van der Waals surface area contributed by atoms with E-state index in [0.717, 1.165) is 44.2 Å². The molecule has 0 aliphatic rings. The molecule has 3 heteroatoms. The van der Waals surface area contributed by atoms with Crippen molar-refractivity contribution in [2.24, 2.45) is 5.92 Å². The minimum absolute atomic E-state index is 0.686. The average molecular weight is 280 g/mol. The van der Waals surface area contributed by atoms with E-state index in [1.807, 2.05) is 0 Å². The summed E-state index contributed by atoms with van der Waals surface area (Å²) in [6.45, 7) is 16.1. The van der Waals surface area contributed by atoms with E-state index < -0.39 is 0 Å². The first-order valence-electron chi connectivity index (χ1n) is 8.08. The van der Waals surface area contributed by atoms with Gasteiger partial charge in [0, 0.05) is 12.1 Å². The number of hydrogen-bond acceptors (Lipinski definition) is 3. The van der Waals surface area contributed by atoms with Crippen LogP contribution in [0.5, 0.6) is 0 Å². The first-order chi connectivity index (χ1) is 9.56. The second-order valence-electron chi connectivity index (χ2n) is 6.04. The highest BCUT2D eigenvalue weighted by Gasteiger charge is 2.10. The lowest BCUT2D eigenvalue weighted by Crippen LogP contribution is -2.23. The molecule has 0 bridgehead atoms. The van der Waals surface area contributed by atoms with Crippen LogP contribution in [0.15, 0.2) is 10.5 Å². The Morgan fingerprint density at radius 3 is 2.65 bits per heavy atom. The van der Waals surface area contributed by atoms with Crippen molar-refractivity contribution in [3.05, 3.63) is 23.2 Å². The summed E-state index contributed by atoms with van der Waals surface area (Å²) in [6.07, 6.45) is 2.51. The Hall–Kier alpha value is -0.800. The molecule has 116 valence electrons. The van der Waals surface area contributed by atoms with E-state index in [4.69, 9.17) is 4.42 Å². The van der Waals surface area contributed by atoms with Crippen LogP contribution in [-0.4, -0.2) is 24.5 Å². The van der Waals surface area contributed by atoms with Crippen molar-refractivity contribution < 1.29 is 4.42 Å². The molecule has 3 nitrogen and oxygen atoms in total. The third-order valence-electron chi connectivity index (χ3n) is 3.59. The summed E-state index contributed by atoms with van der Waals surface area (Å²) in [6, 6.07) is 2.22. The predicted molar refractivity (Wildman–Crippen MR) is 85.8 cm³/mol. The zero-order chi connectivity index (χ0) is 15.0. The van der Waals surface area contributed by atoms with Crippen LogP contribution in [0.4, 0.5) is 0 Å². The van der Waals surface area contributed by atoms with E-state index in [1.165, 1.54) is 18.4 Å². The zero-order valence-electron chi connectivity index (χ0n) is 14.0. The van der Waals surface area contributed by atoms with Crippen molar-refractivity contribution in [2.45, 2.75) is 60.5 Å². The molecule has 0 spiro atoms. The largest absolute Gasteiger partial charge is 0.465 e. The smallest absolute Gasteiger partial charge is 0.118 e. The molecule has 0 aliphatic carbocycles. The zero-order valence-corrected chi connectivity index (χ0v) is 14.0. The molecular weight excluding hydrogens is 248 g/mol. The van der Waals surface area contributed by atoms with Gasteiger partial charge in [-0.3, -0.25) is 4.90 Å². The maximum Gasteiger partial charge on any atom is 0.118 e. The molecule has 1 N–H and O–H groups in total. The molecule has 1 aromatic rings. The highest BCUT2D eigenvalue weighted by molar-refractivity contribution is 5.20. The van der Waals surface area contributed by atoms with Crippen LogP contribution >= 0.6 is 0 Å². The van der Waals surface area contributed by atoms with Crippen LogP contribution in [0.1, 0.15) is 57.6 Å². The lowest BCUT2D eigenvalue weighted by atomic mass is 10.2. The molecule has 0 aromatic carbocycles. The quantitative estimate of drug-likeness (QED) is 0.703. The van der Waals surface area contributed by atoms with Crippen molar-refractivity contribution in [3.63, 3.8) is 0 Å². The highest BCUT2D eigenvalue weighted by Crippen LogP contribution is 2.16. The van der Waals surface area contributed by atoms with Gasteiger partial charge in [-0.1, -0.05) is 34.1 Å². The summed E-state index contributed by atoms with van der Waals surface area (Å²) < 4.78 is 5.90. The summed E-state index contributed by atoms with van der Waals surface area (Å²) >= 11 is 0. The Morgan fingerprint density at radius 2 is 2.05 bits per heavy atom. The summed E-state index contributed by atoms with van der Waals surface area (Å²) in [4.78, 5) is 2.45. The maximum atomic E-state index is 5.90. The Kier molecular flexibility index (Phi) is 7.93. The minimum atomic E-state index is 0.686. The Balaban J connectivity index is 2.50. The van der Waals surface area contributed by atoms with Crippen LogP contribution < -0.4 is 5.32 Å². The third kappa shape index (κ3) is 6.10. The molecule has 0 saturated heterocycles. The molecule has 0 fully saturated rings. The van der Waals surface area contributed by atoms with Gasteiger partial charge in [0.25, 0.3) is 0 Å². The topological polar surface area (TPSA) is 28.4 Å². The van der Waals surface area contributed by atoms with Gasteiger partial charge in [0.15, 0.2) is 0 Å². The maximum absolute atomic E-state index is 5.90.